The zero-order valence-corrected chi connectivity index (χ0v) is 17.7. The molecule has 0 aliphatic heterocycles. The molecule has 28 heavy (non-hydrogen) atoms. The van der Waals surface area contributed by atoms with Crippen LogP contribution in [0.3, 0.4) is 0 Å². The van der Waals surface area contributed by atoms with Crippen molar-refractivity contribution in [1.29, 1.82) is 0 Å². The molecule has 5 nitrogen and oxygen atoms in total. The molecule has 0 unspecified atom stereocenters. The number of nitrogens with zero attached hydrogens (tertiary/aromatic N) is 2. The van der Waals surface area contributed by atoms with Crippen LogP contribution < -0.4 is 4.74 Å². The molecule has 0 bridgehead atoms. The summed E-state index contributed by atoms with van der Waals surface area (Å²) in [6, 6.07) is 7.99. The molecule has 3 rings (SSSR count). The molecule has 0 spiro atoms. The van der Waals surface area contributed by atoms with Crippen LogP contribution in [0.1, 0.15) is 48.4 Å². The maximum absolute atomic E-state index is 12.9. The molecule has 1 fully saturated rings. The van der Waals surface area contributed by atoms with Gasteiger partial charge in [-0.1, -0.05) is 31.0 Å². The molecular weight excluding hydrogens is 372 g/mol. The zero-order chi connectivity index (χ0) is 19.8. The Labute approximate surface area is 171 Å². The fourth-order valence-electron chi connectivity index (χ4n) is 3.64. The second-order valence-corrected chi connectivity index (χ2v) is 8.32. The van der Waals surface area contributed by atoms with Crippen LogP contribution in [0.2, 0.25) is 0 Å². The van der Waals surface area contributed by atoms with E-state index in [0.717, 1.165) is 47.8 Å². The molecular formula is C22H30N2O3S. The minimum atomic E-state index is 0.185. The Bertz CT molecular complexity index is 756. The number of amides is 1. The molecule has 1 aliphatic rings. The van der Waals surface area contributed by atoms with Gasteiger partial charge >= 0.3 is 0 Å². The Morgan fingerprint density at radius 2 is 2.07 bits per heavy atom. The summed E-state index contributed by atoms with van der Waals surface area (Å²) in [4.78, 5) is 19.6. The van der Waals surface area contributed by atoms with Crippen LogP contribution >= 0.6 is 11.3 Å². The third-order valence-corrected chi connectivity index (χ3v) is 6.06. The number of hydrogen-bond acceptors (Lipinski definition) is 5. The maximum atomic E-state index is 12.9. The van der Waals surface area contributed by atoms with Crippen molar-refractivity contribution in [3.8, 4) is 5.75 Å². The first-order valence-corrected chi connectivity index (χ1v) is 10.9. The minimum Gasteiger partial charge on any atom is -0.486 e. The molecule has 1 aliphatic carbocycles. The smallest absolute Gasteiger partial charge is 0.226 e. The van der Waals surface area contributed by atoms with Gasteiger partial charge in [0.15, 0.2) is 0 Å². The van der Waals surface area contributed by atoms with Crippen molar-refractivity contribution < 1.29 is 14.3 Å². The summed E-state index contributed by atoms with van der Waals surface area (Å²) >= 11 is 1.59. The lowest BCUT2D eigenvalue weighted by molar-refractivity contribution is -0.136. The van der Waals surface area contributed by atoms with Gasteiger partial charge in [0.2, 0.25) is 5.91 Å². The molecule has 152 valence electrons. The van der Waals surface area contributed by atoms with Crippen molar-refractivity contribution >= 4 is 17.2 Å². The molecule has 2 aromatic rings. The van der Waals surface area contributed by atoms with E-state index in [-0.39, 0.29) is 11.8 Å². The number of aryl methyl sites for hydroxylation is 1. The van der Waals surface area contributed by atoms with Crippen LogP contribution in [0.25, 0.3) is 0 Å². The normalized spacial score (nSPS) is 14.4. The van der Waals surface area contributed by atoms with E-state index in [0.29, 0.717) is 19.8 Å². The number of benzene rings is 1. The Morgan fingerprint density at radius 1 is 1.29 bits per heavy atom. The van der Waals surface area contributed by atoms with Gasteiger partial charge in [0.05, 0.1) is 12.2 Å². The highest BCUT2D eigenvalue weighted by molar-refractivity contribution is 7.09. The van der Waals surface area contributed by atoms with Crippen LogP contribution in [0.15, 0.2) is 29.6 Å². The molecule has 1 aromatic carbocycles. The fourth-order valence-corrected chi connectivity index (χ4v) is 4.34. The molecule has 1 heterocycles. The second kappa shape index (κ2) is 10.6. The zero-order valence-electron chi connectivity index (χ0n) is 16.9. The summed E-state index contributed by atoms with van der Waals surface area (Å²) in [5.74, 6) is 1.35. The van der Waals surface area contributed by atoms with E-state index in [1.165, 1.54) is 12.8 Å². The molecule has 0 saturated heterocycles. The summed E-state index contributed by atoms with van der Waals surface area (Å²) in [7, 11) is 1.70. The van der Waals surface area contributed by atoms with Gasteiger partial charge in [-0.3, -0.25) is 4.79 Å². The first-order valence-electron chi connectivity index (χ1n) is 10.1. The molecule has 1 amide bonds. The van der Waals surface area contributed by atoms with Crippen LogP contribution in [0.4, 0.5) is 0 Å². The third kappa shape index (κ3) is 5.79. The number of methoxy groups -OCH3 is 1. The lowest BCUT2D eigenvalue weighted by atomic mass is 10.1. The quantitative estimate of drug-likeness (QED) is 0.546. The van der Waals surface area contributed by atoms with Crippen molar-refractivity contribution in [3.63, 3.8) is 0 Å². The van der Waals surface area contributed by atoms with E-state index in [1.807, 2.05) is 41.5 Å². The minimum absolute atomic E-state index is 0.185. The van der Waals surface area contributed by atoms with Crippen molar-refractivity contribution in [1.82, 2.24) is 9.88 Å². The largest absolute Gasteiger partial charge is 0.486 e. The van der Waals surface area contributed by atoms with E-state index < -0.39 is 0 Å². The Hall–Kier alpha value is -1.92. The first-order chi connectivity index (χ1) is 13.7. The van der Waals surface area contributed by atoms with Crippen LogP contribution in [-0.4, -0.2) is 36.1 Å². The second-order valence-electron chi connectivity index (χ2n) is 7.37. The fraction of sp³-hybridized carbons (Fsp3) is 0.545. The van der Waals surface area contributed by atoms with Gasteiger partial charge in [-0.15, -0.1) is 11.3 Å². The predicted molar refractivity (Wildman–Crippen MR) is 111 cm³/mol. The van der Waals surface area contributed by atoms with E-state index in [1.54, 1.807) is 18.4 Å². The van der Waals surface area contributed by atoms with Gasteiger partial charge in [-0.2, -0.15) is 0 Å². The number of carbonyl (C=O) groups is 1. The van der Waals surface area contributed by atoms with Crippen molar-refractivity contribution in [2.75, 3.05) is 20.3 Å². The third-order valence-electron chi connectivity index (χ3n) is 5.19. The molecule has 0 atom stereocenters. The Morgan fingerprint density at radius 3 is 2.82 bits per heavy atom. The number of ether oxygens (including phenoxy) is 2. The molecule has 0 N–H and O–H groups in total. The first kappa shape index (κ1) is 20.8. The average Bonchev–Trinajstić information content (AvgIpc) is 3.38. The molecule has 0 radical (unpaired) electrons. The summed E-state index contributed by atoms with van der Waals surface area (Å²) in [6.45, 7) is 4.45. The van der Waals surface area contributed by atoms with Gasteiger partial charge in [0.25, 0.3) is 0 Å². The predicted octanol–water partition coefficient (Wildman–Crippen LogP) is 4.59. The standard InChI is InChI=1S/C22H30N2O3S/c1-17-8-3-6-11-20(17)27-15-21-23-19(16-28-21)14-24(12-7-13-26-2)22(25)18-9-4-5-10-18/h3,6,8,11,16,18H,4-5,7,9-10,12-15H2,1-2H3. The van der Waals surface area contributed by atoms with Gasteiger partial charge in [-0.25, -0.2) is 4.98 Å². The highest BCUT2D eigenvalue weighted by Crippen LogP contribution is 2.27. The lowest BCUT2D eigenvalue weighted by Gasteiger charge is -2.25. The monoisotopic (exact) mass is 402 g/mol. The number of aromatic nitrogens is 1. The summed E-state index contributed by atoms with van der Waals surface area (Å²) in [6.07, 6.45) is 5.22. The van der Waals surface area contributed by atoms with Gasteiger partial charge in [0.1, 0.15) is 17.4 Å². The number of para-hydroxylation sites is 1. The molecule has 1 saturated carbocycles. The average molecular weight is 403 g/mol. The molecule has 6 heteroatoms. The van der Waals surface area contributed by atoms with Crippen LogP contribution in [-0.2, 0) is 22.7 Å². The number of hydrogen-bond donors (Lipinski definition) is 0. The molecule has 1 aromatic heterocycles. The highest BCUT2D eigenvalue weighted by Gasteiger charge is 2.27. The Kier molecular flexibility index (Phi) is 7.86. The number of rotatable bonds is 10. The van der Waals surface area contributed by atoms with Crippen LogP contribution in [0, 0.1) is 12.8 Å². The maximum Gasteiger partial charge on any atom is 0.226 e. The van der Waals surface area contributed by atoms with E-state index in [4.69, 9.17) is 14.5 Å². The topological polar surface area (TPSA) is 51.7 Å². The van der Waals surface area contributed by atoms with Crippen molar-refractivity contribution in [2.24, 2.45) is 5.92 Å². The van der Waals surface area contributed by atoms with Crippen LogP contribution in [0.5, 0.6) is 5.75 Å². The number of carbonyl (C=O) groups excluding carboxylic acids is 1. The van der Waals surface area contributed by atoms with Gasteiger partial charge in [0, 0.05) is 31.6 Å². The highest BCUT2D eigenvalue weighted by atomic mass is 32.1. The van der Waals surface area contributed by atoms with Gasteiger partial charge < -0.3 is 14.4 Å². The number of thiazole rings is 1. The lowest BCUT2D eigenvalue weighted by Crippen LogP contribution is -2.36. The van der Waals surface area contributed by atoms with E-state index >= 15 is 0 Å². The Balaban J connectivity index is 1.59. The summed E-state index contributed by atoms with van der Waals surface area (Å²) < 4.78 is 11.1. The van der Waals surface area contributed by atoms with Crippen molar-refractivity contribution in [2.45, 2.75) is 52.2 Å². The summed E-state index contributed by atoms with van der Waals surface area (Å²) in [5.41, 5.74) is 2.06. The van der Waals surface area contributed by atoms with Gasteiger partial charge in [-0.05, 0) is 37.8 Å². The van der Waals surface area contributed by atoms with E-state index in [2.05, 4.69) is 0 Å². The summed E-state index contributed by atoms with van der Waals surface area (Å²) in [5, 5.41) is 2.98. The van der Waals surface area contributed by atoms with Crippen molar-refractivity contribution in [3.05, 3.63) is 45.9 Å². The SMILES string of the molecule is COCCCN(Cc1csc(COc2ccccc2C)n1)C(=O)C1CCCC1. The van der Waals surface area contributed by atoms with E-state index in [9.17, 15) is 4.79 Å².